The zero-order chi connectivity index (χ0) is 19.6. The van der Waals surface area contributed by atoms with Crippen LogP contribution in [0, 0.1) is 6.92 Å². The highest BCUT2D eigenvalue weighted by atomic mass is 16.5. The first-order chi connectivity index (χ1) is 13.1. The molecular formula is C22H28N2O3. The summed E-state index contributed by atoms with van der Waals surface area (Å²) in [6, 6.07) is 13.1. The van der Waals surface area contributed by atoms with Gasteiger partial charge in [0.05, 0.1) is 5.56 Å². The molecule has 5 heteroatoms. The van der Waals surface area contributed by atoms with Gasteiger partial charge >= 0.3 is 5.97 Å². The van der Waals surface area contributed by atoms with Crippen molar-refractivity contribution in [3.05, 3.63) is 59.2 Å². The van der Waals surface area contributed by atoms with Crippen LogP contribution in [0.5, 0.6) is 0 Å². The number of benzene rings is 2. The van der Waals surface area contributed by atoms with Crippen LogP contribution < -0.4 is 10.6 Å². The second-order valence-corrected chi connectivity index (χ2v) is 6.41. The zero-order valence-corrected chi connectivity index (χ0v) is 16.3. The molecule has 0 aliphatic rings. The van der Waals surface area contributed by atoms with Gasteiger partial charge in [0.25, 0.3) is 5.91 Å². The number of hydrogen-bond acceptors (Lipinski definition) is 4. The van der Waals surface area contributed by atoms with Crippen LogP contribution in [0.3, 0.4) is 0 Å². The second kappa shape index (κ2) is 10.4. The molecule has 2 rings (SSSR count). The van der Waals surface area contributed by atoms with E-state index in [9.17, 15) is 9.59 Å². The van der Waals surface area contributed by atoms with Crippen molar-refractivity contribution in [1.29, 1.82) is 0 Å². The molecule has 0 aliphatic heterocycles. The molecule has 0 bridgehead atoms. The third kappa shape index (κ3) is 5.84. The monoisotopic (exact) mass is 368 g/mol. The van der Waals surface area contributed by atoms with Crippen molar-refractivity contribution in [3.8, 4) is 0 Å². The fourth-order valence-electron chi connectivity index (χ4n) is 2.80. The number of amides is 1. The van der Waals surface area contributed by atoms with Crippen LogP contribution in [-0.4, -0.2) is 25.0 Å². The van der Waals surface area contributed by atoms with Crippen molar-refractivity contribution < 1.29 is 14.3 Å². The molecule has 0 atom stereocenters. The van der Waals surface area contributed by atoms with E-state index in [-0.39, 0.29) is 12.5 Å². The summed E-state index contributed by atoms with van der Waals surface area (Å²) >= 11 is 0. The Kier molecular flexibility index (Phi) is 7.86. The molecule has 5 nitrogen and oxygen atoms in total. The maximum Gasteiger partial charge on any atom is 0.340 e. The van der Waals surface area contributed by atoms with Crippen molar-refractivity contribution in [3.63, 3.8) is 0 Å². The lowest BCUT2D eigenvalue weighted by molar-refractivity contribution is -0.119. The van der Waals surface area contributed by atoms with Crippen molar-refractivity contribution >= 4 is 23.3 Å². The topological polar surface area (TPSA) is 67.4 Å². The summed E-state index contributed by atoms with van der Waals surface area (Å²) in [5.41, 5.74) is 4.00. The number of carbonyl (C=O) groups excluding carboxylic acids is 2. The van der Waals surface area contributed by atoms with Gasteiger partial charge in [-0.2, -0.15) is 0 Å². The lowest BCUT2D eigenvalue weighted by atomic mass is 10.1. The number of carbonyl (C=O) groups is 2. The van der Waals surface area contributed by atoms with E-state index in [2.05, 4.69) is 17.6 Å². The number of ether oxygens (including phenoxy) is 1. The largest absolute Gasteiger partial charge is 0.452 e. The van der Waals surface area contributed by atoms with E-state index in [1.54, 1.807) is 12.1 Å². The van der Waals surface area contributed by atoms with Crippen LogP contribution in [0.25, 0.3) is 0 Å². The second-order valence-electron chi connectivity index (χ2n) is 6.41. The van der Waals surface area contributed by atoms with Gasteiger partial charge in [-0.05, 0) is 43.0 Å². The van der Waals surface area contributed by atoms with Gasteiger partial charge in [0.2, 0.25) is 0 Å². The van der Waals surface area contributed by atoms with E-state index in [1.807, 2.05) is 44.2 Å². The van der Waals surface area contributed by atoms with Crippen LogP contribution >= 0.6 is 0 Å². The molecule has 0 radical (unpaired) electrons. The van der Waals surface area contributed by atoms with Crippen molar-refractivity contribution in [1.82, 2.24) is 0 Å². The van der Waals surface area contributed by atoms with E-state index in [1.165, 1.54) is 0 Å². The molecule has 2 aromatic rings. The van der Waals surface area contributed by atoms with Gasteiger partial charge in [-0.25, -0.2) is 4.79 Å². The van der Waals surface area contributed by atoms with Gasteiger partial charge in [-0.3, -0.25) is 4.79 Å². The number of aryl methyl sites for hydroxylation is 2. The third-order valence-corrected chi connectivity index (χ3v) is 4.33. The molecule has 1 amide bonds. The lowest BCUT2D eigenvalue weighted by Gasteiger charge is -2.14. The lowest BCUT2D eigenvalue weighted by Crippen LogP contribution is -2.22. The molecule has 0 saturated heterocycles. The Morgan fingerprint density at radius 1 is 1.04 bits per heavy atom. The Bertz CT molecular complexity index is 787. The maximum absolute atomic E-state index is 12.4. The minimum atomic E-state index is -0.509. The summed E-state index contributed by atoms with van der Waals surface area (Å²) in [5, 5.41) is 6.10. The van der Waals surface area contributed by atoms with E-state index in [0.717, 1.165) is 48.3 Å². The molecule has 0 fully saturated rings. The van der Waals surface area contributed by atoms with Gasteiger partial charge in [-0.15, -0.1) is 0 Å². The van der Waals surface area contributed by atoms with Crippen LogP contribution in [0.15, 0.2) is 42.5 Å². The summed E-state index contributed by atoms with van der Waals surface area (Å²) in [7, 11) is 0. The Labute approximate surface area is 161 Å². The molecule has 0 aliphatic carbocycles. The average molecular weight is 368 g/mol. The fourth-order valence-corrected chi connectivity index (χ4v) is 2.80. The first-order valence-electron chi connectivity index (χ1n) is 9.45. The molecule has 0 unspecified atom stereocenters. The van der Waals surface area contributed by atoms with Gasteiger partial charge in [0, 0.05) is 17.9 Å². The van der Waals surface area contributed by atoms with Gasteiger partial charge in [0.15, 0.2) is 6.61 Å². The van der Waals surface area contributed by atoms with E-state index in [4.69, 9.17) is 4.74 Å². The Hall–Kier alpha value is -2.82. The summed E-state index contributed by atoms with van der Waals surface area (Å²) in [6.07, 6.45) is 2.90. The van der Waals surface area contributed by atoms with Crippen LogP contribution in [0.1, 0.15) is 48.2 Å². The number of rotatable bonds is 9. The summed E-state index contributed by atoms with van der Waals surface area (Å²) in [4.78, 5) is 24.7. The normalized spacial score (nSPS) is 10.3. The highest BCUT2D eigenvalue weighted by Crippen LogP contribution is 2.21. The molecule has 0 saturated carbocycles. The van der Waals surface area contributed by atoms with Crippen LogP contribution in [-0.2, 0) is 16.0 Å². The smallest absolute Gasteiger partial charge is 0.340 e. The average Bonchev–Trinajstić information content (AvgIpc) is 2.68. The molecule has 2 N–H and O–H groups in total. The van der Waals surface area contributed by atoms with Gasteiger partial charge in [-0.1, -0.05) is 50.6 Å². The molecular weight excluding hydrogens is 340 g/mol. The van der Waals surface area contributed by atoms with Crippen LogP contribution in [0.4, 0.5) is 11.4 Å². The van der Waals surface area contributed by atoms with Crippen molar-refractivity contribution in [2.24, 2.45) is 0 Å². The highest BCUT2D eigenvalue weighted by molar-refractivity contribution is 5.99. The van der Waals surface area contributed by atoms with E-state index in [0.29, 0.717) is 5.56 Å². The Morgan fingerprint density at radius 3 is 2.56 bits per heavy atom. The number of para-hydroxylation sites is 2. The first kappa shape index (κ1) is 20.5. The first-order valence-corrected chi connectivity index (χ1v) is 9.45. The van der Waals surface area contributed by atoms with Gasteiger partial charge < -0.3 is 15.4 Å². The maximum atomic E-state index is 12.4. The van der Waals surface area contributed by atoms with Crippen LogP contribution in [0.2, 0.25) is 0 Å². The summed E-state index contributed by atoms with van der Waals surface area (Å²) < 4.78 is 5.23. The van der Waals surface area contributed by atoms with Crippen molar-refractivity contribution in [2.45, 2.75) is 40.0 Å². The number of anilines is 2. The Morgan fingerprint density at radius 2 is 1.81 bits per heavy atom. The minimum Gasteiger partial charge on any atom is -0.452 e. The van der Waals surface area contributed by atoms with E-state index >= 15 is 0 Å². The summed E-state index contributed by atoms with van der Waals surface area (Å²) in [6.45, 7) is 6.55. The molecule has 27 heavy (non-hydrogen) atoms. The van der Waals surface area contributed by atoms with Gasteiger partial charge in [0.1, 0.15) is 0 Å². The standard InChI is InChI=1S/C22H28N2O3/c1-4-6-14-23-19-13-8-7-12-18(19)22(26)27-15-20(25)24-21-16(3)10-9-11-17(21)5-2/h7-13,23H,4-6,14-15H2,1-3H3,(H,24,25). The third-order valence-electron chi connectivity index (χ3n) is 4.33. The van der Waals surface area contributed by atoms with E-state index < -0.39 is 5.97 Å². The SMILES string of the molecule is CCCCNc1ccccc1C(=O)OCC(=O)Nc1c(C)cccc1CC. The molecule has 144 valence electrons. The molecule has 0 heterocycles. The molecule has 0 spiro atoms. The number of esters is 1. The Balaban J connectivity index is 1.97. The number of hydrogen-bond donors (Lipinski definition) is 2. The predicted octanol–water partition coefficient (Wildman–Crippen LogP) is 4.56. The minimum absolute atomic E-state index is 0.320. The molecule has 0 aromatic heterocycles. The highest BCUT2D eigenvalue weighted by Gasteiger charge is 2.15. The number of nitrogens with one attached hydrogen (secondary N) is 2. The zero-order valence-electron chi connectivity index (χ0n) is 16.3. The van der Waals surface area contributed by atoms with Crippen molar-refractivity contribution in [2.75, 3.05) is 23.8 Å². The molecule has 2 aromatic carbocycles. The quantitative estimate of drug-likeness (QED) is 0.503. The predicted molar refractivity (Wildman–Crippen MR) is 109 cm³/mol. The summed E-state index contributed by atoms with van der Waals surface area (Å²) in [5.74, 6) is -0.853. The number of unbranched alkanes of at least 4 members (excludes halogenated alkanes) is 1. The fraction of sp³-hybridized carbons (Fsp3) is 0.364.